The normalized spacial score (nSPS) is 15.5. The van der Waals surface area contributed by atoms with Gasteiger partial charge in [-0.2, -0.15) is 0 Å². The van der Waals surface area contributed by atoms with Crippen LogP contribution < -0.4 is 4.90 Å². The molecular weight excluding hydrogens is 446 g/mol. The number of benzene rings is 3. The van der Waals surface area contributed by atoms with E-state index in [4.69, 9.17) is 0 Å². The van der Waals surface area contributed by atoms with Gasteiger partial charge in [-0.05, 0) is 35.2 Å². The number of amides is 3. The Bertz CT molecular complexity index is 1270. The number of rotatable bonds is 7. The van der Waals surface area contributed by atoms with E-state index in [9.17, 15) is 24.5 Å². The third-order valence-corrected chi connectivity index (χ3v) is 6.08. The lowest BCUT2D eigenvalue weighted by Crippen LogP contribution is -2.45. The third kappa shape index (κ3) is 4.96. The molecule has 4 rings (SSSR count). The third-order valence-electron chi connectivity index (χ3n) is 6.08. The minimum atomic E-state index is -1.03. The molecule has 3 aromatic rings. The van der Waals surface area contributed by atoms with Crippen LogP contribution in [0.25, 0.3) is 0 Å². The fourth-order valence-corrected chi connectivity index (χ4v) is 4.16. The van der Waals surface area contributed by atoms with Gasteiger partial charge in [0.1, 0.15) is 6.04 Å². The molecule has 1 heterocycles. The average molecular weight is 472 g/mol. The molecule has 3 amide bonds. The Morgan fingerprint density at radius 3 is 2.34 bits per heavy atom. The minimum absolute atomic E-state index is 0.0756. The molecule has 8 heteroatoms. The van der Waals surface area contributed by atoms with Crippen molar-refractivity contribution in [2.24, 2.45) is 0 Å². The van der Waals surface area contributed by atoms with Crippen LogP contribution in [0.4, 0.5) is 11.4 Å². The number of hydrogen-bond acceptors (Lipinski definition) is 5. The lowest BCUT2D eigenvalue weighted by Gasteiger charge is -2.28. The molecule has 1 atom stereocenters. The lowest BCUT2D eigenvalue weighted by molar-refractivity contribution is -0.384. The Morgan fingerprint density at radius 1 is 1.03 bits per heavy atom. The van der Waals surface area contributed by atoms with E-state index in [0.717, 1.165) is 16.0 Å². The molecule has 1 aliphatic heterocycles. The van der Waals surface area contributed by atoms with E-state index in [1.165, 1.54) is 29.2 Å². The molecule has 0 aliphatic carbocycles. The molecule has 0 bridgehead atoms. The molecule has 1 saturated heterocycles. The van der Waals surface area contributed by atoms with E-state index >= 15 is 0 Å². The van der Waals surface area contributed by atoms with Gasteiger partial charge < -0.3 is 4.90 Å². The van der Waals surface area contributed by atoms with Crippen molar-refractivity contribution in [3.8, 4) is 0 Å². The Morgan fingerprint density at radius 2 is 1.71 bits per heavy atom. The Balaban J connectivity index is 1.68. The van der Waals surface area contributed by atoms with Crippen molar-refractivity contribution in [1.29, 1.82) is 0 Å². The highest BCUT2D eigenvalue weighted by Gasteiger charge is 2.44. The Kier molecular flexibility index (Phi) is 6.73. The molecule has 1 fully saturated rings. The van der Waals surface area contributed by atoms with Crippen molar-refractivity contribution in [2.75, 3.05) is 4.90 Å². The summed E-state index contributed by atoms with van der Waals surface area (Å²) in [6, 6.07) is 20.7. The van der Waals surface area contributed by atoms with E-state index in [1.54, 1.807) is 12.1 Å². The SMILES string of the molecule is CC(C)c1ccc(N2C(=O)CC(N(Cc3ccccc3)C(=O)c3cccc([N+](=O)[O-])c3)C2=O)cc1. The fourth-order valence-electron chi connectivity index (χ4n) is 4.16. The number of nitro groups is 1. The van der Waals surface area contributed by atoms with Crippen LogP contribution in [0.3, 0.4) is 0 Å². The summed E-state index contributed by atoms with van der Waals surface area (Å²) >= 11 is 0. The van der Waals surface area contributed by atoms with Crippen molar-refractivity contribution in [3.63, 3.8) is 0 Å². The molecule has 0 aromatic heterocycles. The number of anilines is 1. The molecule has 0 saturated carbocycles. The van der Waals surface area contributed by atoms with E-state index in [1.807, 2.05) is 42.5 Å². The van der Waals surface area contributed by atoms with E-state index in [2.05, 4.69) is 13.8 Å². The van der Waals surface area contributed by atoms with Gasteiger partial charge in [-0.25, -0.2) is 4.90 Å². The second kappa shape index (κ2) is 9.89. The van der Waals surface area contributed by atoms with E-state index in [-0.39, 0.29) is 24.2 Å². The standard InChI is InChI=1S/C27H25N3O5/c1-18(2)20-11-13-22(14-12-20)29-25(31)16-24(27(29)33)28(17-19-7-4-3-5-8-19)26(32)21-9-6-10-23(15-21)30(34)35/h3-15,18,24H,16-17H2,1-2H3. The monoisotopic (exact) mass is 471 g/mol. The number of carbonyl (C=O) groups excluding carboxylic acids is 3. The topological polar surface area (TPSA) is 101 Å². The molecule has 35 heavy (non-hydrogen) atoms. The highest BCUT2D eigenvalue weighted by molar-refractivity contribution is 6.23. The van der Waals surface area contributed by atoms with Crippen molar-refractivity contribution in [2.45, 2.75) is 38.8 Å². The van der Waals surface area contributed by atoms with Crippen LogP contribution in [0, 0.1) is 10.1 Å². The van der Waals surface area contributed by atoms with Crippen LogP contribution in [-0.4, -0.2) is 33.6 Å². The second-order valence-corrected chi connectivity index (χ2v) is 8.76. The van der Waals surface area contributed by atoms with Gasteiger partial charge in [0.2, 0.25) is 5.91 Å². The van der Waals surface area contributed by atoms with Crippen LogP contribution >= 0.6 is 0 Å². The van der Waals surface area contributed by atoms with E-state index < -0.39 is 28.7 Å². The number of carbonyl (C=O) groups is 3. The summed E-state index contributed by atoms with van der Waals surface area (Å²) in [5.74, 6) is -1.15. The van der Waals surface area contributed by atoms with Crippen molar-refractivity contribution in [1.82, 2.24) is 4.90 Å². The summed E-state index contributed by atoms with van der Waals surface area (Å²) < 4.78 is 0. The molecule has 3 aromatic carbocycles. The summed E-state index contributed by atoms with van der Waals surface area (Å²) in [5, 5.41) is 11.2. The van der Waals surface area contributed by atoms with Crippen LogP contribution in [0.15, 0.2) is 78.9 Å². The zero-order chi connectivity index (χ0) is 25.1. The predicted molar refractivity (Wildman–Crippen MR) is 131 cm³/mol. The number of nitrogens with zero attached hydrogens (tertiary/aromatic N) is 3. The molecule has 1 unspecified atom stereocenters. The fraction of sp³-hybridized carbons (Fsp3) is 0.222. The molecule has 178 valence electrons. The Hall–Kier alpha value is -4.33. The first-order valence-corrected chi connectivity index (χ1v) is 11.3. The second-order valence-electron chi connectivity index (χ2n) is 8.76. The molecule has 1 aliphatic rings. The zero-order valence-electron chi connectivity index (χ0n) is 19.5. The van der Waals surface area contributed by atoms with Crippen molar-refractivity contribution in [3.05, 3.63) is 106 Å². The van der Waals surface area contributed by atoms with Gasteiger partial charge in [0.05, 0.1) is 17.0 Å². The summed E-state index contributed by atoms with van der Waals surface area (Å²) in [7, 11) is 0. The lowest BCUT2D eigenvalue weighted by atomic mass is 10.0. The summed E-state index contributed by atoms with van der Waals surface area (Å²) in [5.41, 5.74) is 2.16. The largest absolute Gasteiger partial charge is 0.322 e. The van der Waals surface area contributed by atoms with Crippen LogP contribution in [0.2, 0.25) is 0 Å². The van der Waals surface area contributed by atoms with Crippen LogP contribution in [0.1, 0.15) is 47.7 Å². The average Bonchev–Trinajstić information content (AvgIpc) is 3.16. The summed E-state index contributed by atoms with van der Waals surface area (Å²) in [6.07, 6.45) is -0.168. The maximum absolute atomic E-state index is 13.5. The Labute approximate surface area is 202 Å². The maximum Gasteiger partial charge on any atom is 0.270 e. The zero-order valence-corrected chi connectivity index (χ0v) is 19.5. The van der Waals surface area contributed by atoms with E-state index in [0.29, 0.717) is 11.6 Å². The van der Waals surface area contributed by atoms with Crippen molar-refractivity contribution >= 4 is 29.1 Å². The van der Waals surface area contributed by atoms with Gasteiger partial charge in [-0.1, -0.05) is 62.4 Å². The number of hydrogen-bond donors (Lipinski definition) is 0. The molecular formula is C27H25N3O5. The summed E-state index contributed by atoms with van der Waals surface area (Å²) in [4.78, 5) is 53.1. The number of non-ortho nitro benzene ring substituents is 1. The quantitative estimate of drug-likeness (QED) is 0.283. The molecule has 8 nitrogen and oxygen atoms in total. The van der Waals surface area contributed by atoms with Gasteiger partial charge in [-0.15, -0.1) is 0 Å². The van der Waals surface area contributed by atoms with Crippen LogP contribution in [-0.2, 0) is 16.1 Å². The van der Waals surface area contributed by atoms with Gasteiger partial charge in [-0.3, -0.25) is 24.5 Å². The molecule has 0 spiro atoms. The van der Waals surface area contributed by atoms with Crippen molar-refractivity contribution < 1.29 is 19.3 Å². The van der Waals surface area contributed by atoms with Crippen LogP contribution in [0.5, 0.6) is 0 Å². The minimum Gasteiger partial charge on any atom is -0.322 e. The highest BCUT2D eigenvalue weighted by Crippen LogP contribution is 2.29. The van der Waals surface area contributed by atoms with Gasteiger partial charge in [0.25, 0.3) is 17.5 Å². The predicted octanol–water partition coefficient (Wildman–Crippen LogP) is 4.69. The smallest absolute Gasteiger partial charge is 0.270 e. The highest BCUT2D eigenvalue weighted by atomic mass is 16.6. The first kappa shape index (κ1) is 23.8. The summed E-state index contributed by atoms with van der Waals surface area (Å²) in [6.45, 7) is 4.18. The number of nitro benzene ring substituents is 1. The van der Waals surface area contributed by atoms with Gasteiger partial charge in [0.15, 0.2) is 0 Å². The van der Waals surface area contributed by atoms with Gasteiger partial charge >= 0.3 is 0 Å². The maximum atomic E-state index is 13.5. The molecule has 0 N–H and O–H groups in total. The van der Waals surface area contributed by atoms with Gasteiger partial charge in [0, 0.05) is 24.2 Å². The first-order valence-electron chi connectivity index (χ1n) is 11.3. The molecule has 0 radical (unpaired) electrons. The first-order chi connectivity index (χ1) is 16.8. The number of imide groups is 1.